The van der Waals surface area contributed by atoms with Crippen LogP contribution in [-0.2, 0) is 10.5 Å². The predicted octanol–water partition coefficient (Wildman–Crippen LogP) is 5.62. The fourth-order valence-electron chi connectivity index (χ4n) is 2.30. The van der Waals surface area contributed by atoms with Gasteiger partial charge in [-0.2, -0.15) is 0 Å². The van der Waals surface area contributed by atoms with E-state index in [0.717, 1.165) is 10.1 Å². The van der Waals surface area contributed by atoms with Gasteiger partial charge in [0.25, 0.3) is 5.91 Å². The van der Waals surface area contributed by atoms with E-state index in [1.165, 1.54) is 22.5 Å². The van der Waals surface area contributed by atoms with Crippen LogP contribution in [0.3, 0.4) is 0 Å². The van der Waals surface area contributed by atoms with E-state index >= 15 is 0 Å². The maximum absolute atomic E-state index is 12.0. The van der Waals surface area contributed by atoms with Crippen LogP contribution in [0.1, 0.15) is 30.9 Å². The highest BCUT2D eigenvalue weighted by molar-refractivity contribution is 8.00. The van der Waals surface area contributed by atoms with E-state index in [1.807, 2.05) is 0 Å². The van der Waals surface area contributed by atoms with E-state index in [1.54, 1.807) is 36.0 Å². The predicted molar refractivity (Wildman–Crippen MR) is 116 cm³/mol. The molecule has 0 fully saturated rings. The van der Waals surface area contributed by atoms with Gasteiger partial charge in [0.05, 0.1) is 0 Å². The summed E-state index contributed by atoms with van der Waals surface area (Å²) in [6, 6.07) is 15.4. The molecular formula is C20H20ClN3O2S2. The summed E-state index contributed by atoms with van der Waals surface area (Å²) in [5, 5.41) is 11.9. The summed E-state index contributed by atoms with van der Waals surface area (Å²) in [7, 11) is 0. The number of nitrogens with one attached hydrogen (secondary N) is 1. The molecule has 0 saturated heterocycles. The molecule has 5 nitrogen and oxygen atoms in total. The van der Waals surface area contributed by atoms with Crippen LogP contribution in [0.15, 0.2) is 52.9 Å². The lowest BCUT2D eigenvalue weighted by atomic mass is 10.0. The fraction of sp³-hybridized carbons (Fsp3) is 0.250. The molecule has 0 aliphatic rings. The number of nitrogens with zero attached hydrogens (tertiary/aromatic N) is 2. The first-order valence-corrected chi connectivity index (χ1v) is 10.9. The van der Waals surface area contributed by atoms with Crippen molar-refractivity contribution >= 4 is 45.7 Å². The number of carbonyl (C=O) groups is 1. The Kier molecular flexibility index (Phi) is 7.30. The van der Waals surface area contributed by atoms with Crippen molar-refractivity contribution in [1.29, 1.82) is 0 Å². The average Bonchev–Trinajstić information content (AvgIpc) is 3.13. The molecule has 0 aliphatic heterocycles. The van der Waals surface area contributed by atoms with Crippen molar-refractivity contribution in [2.24, 2.45) is 0 Å². The van der Waals surface area contributed by atoms with E-state index in [0.29, 0.717) is 21.8 Å². The molecule has 1 aromatic heterocycles. The highest BCUT2D eigenvalue weighted by Crippen LogP contribution is 2.28. The lowest BCUT2D eigenvalue weighted by Crippen LogP contribution is -2.20. The van der Waals surface area contributed by atoms with Crippen molar-refractivity contribution in [1.82, 2.24) is 10.2 Å². The van der Waals surface area contributed by atoms with Gasteiger partial charge in [0, 0.05) is 10.8 Å². The number of hydrogen-bond donors (Lipinski definition) is 1. The molecule has 0 bridgehead atoms. The summed E-state index contributed by atoms with van der Waals surface area (Å²) in [6.45, 7) is 4.26. The number of aromatic nitrogens is 2. The van der Waals surface area contributed by atoms with Crippen molar-refractivity contribution in [3.8, 4) is 5.75 Å². The molecule has 0 radical (unpaired) electrons. The highest BCUT2D eigenvalue weighted by Gasteiger charge is 2.10. The van der Waals surface area contributed by atoms with Crippen LogP contribution in [0, 0.1) is 0 Å². The number of halogens is 1. The van der Waals surface area contributed by atoms with Crippen molar-refractivity contribution in [3.05, 3.63) is 64.7 Å². The first-order chi connectivity index (χ1) is 13.5. The summed E-state index contributed by atoms with van der Waals surface area (Å²) >= 11 is 8.76. The summed E-state index contributed by atoms with van der Waals surface area (Å²) in [6.07, 6.45) is 0. The molecule has 0 unspecified atom stereocenters. The minimum Gasteiger partial charge on any atom is -0.484 e. The van der Waals surface area contributed by atoms with Gasteiger partial charge in [-0.15, -0.1) is 10.2 Å². The van der Waals surface area contributed by atoms with E-state index < -0.39 is 0 Å². The highest BCUT2D eigenvalue weighted by atomic mass is 35.5. The first kappa shape index (κ1) is 20.6. The average molecular weight is 434 g/mol. The minimum absolute atomic E-state index is 0.105. The molecule has 0 saturated carbocycles. The third kappa shape index (κ3) is 6.22. The van der Waals surface area contributed by atoms with Crippen molar-refractivity contribution in [3.63, 3.8) is 0 Å². The van der Waals surface area contributed by atoms with Crippen molar-refractivity contribution < 1.29 is 9.53 Å². The molecule has 0 aliphatic carbocycles. The Morgan fingerprint density at radius 3 is 2.54 bits per heavy atom. The van der Waals surface area contributed by atoms with Gasteiger partial charge >= 0.3 is 0 Å². The van der Waals surface area contributed by atoms with Crippen LogP contribution in [0.4, 0.5) is 5.13 Å². The number of carbonyl (C=O) groups excluding carboxylic acids is 1. The third-order valence-electron chi connectivity index (χ3n) is 3.85. The summed E-state index contributed by atoms with van der Waals surface area (Å²) < 4.78 is 6.22. The Morgan fingerprint density at radius 2 is 1.86 bits per heavy atom. The number of ether oxygens (including phenoxy) is 1. The largest absolute Gasteiger partial charge is 0.484 e. The maximum atomic E-state index is 12.0. The second-order valence-electron chi connectivity index (χ2n) is 6.35. The molecule has 1 amide bonds. The van der Waals surface area contributed by atoms with Crippen molar-refractivity contribution in [2.45, 2.75) is 29.9 Å². The van der Waals surface area contributed by atoms with Crippen LogP contribution < -0.4 is 10.1 Å². The molecule has 28 heavy (non-hydrogen) atoms. The zero-order valence-electron chi connectivity index (χ0n) is 15.5. The molecule has 1 N–H and O–H groups in total. The molecule has 8 heteroatoms. The second-order valence-corrected chi connectivity index (χ2v) is 8.99. The fourth-order valence-corrected chi connectivity index (χ4v) is 4.15. The second kappa shape index (κ2) is 9.91. The summed E-state index contributed by atoms with van der Waals surface area (Å²) in [5.41, 5.74) is 2.56. The number of benzene rings is 2. The van der Waals surface area contributed by atoms with Gasteiger partial charge in [-0.1, -0.05) is 72.8 Å². The van der Waals surface area contributed by atoms with Crippen LogP contribution >= 0.6 is 34.7 Å². The van der Waals surface area contributed by atoms with Crippen molar-refractivity contribution in [2.75, 3.05) is 11.9 Å². The summed E-state index contributed by atoms with van der Waals surface area (Å²) in [4.78, 5) is 12.0. The van der Waals surface area contributed by atoms with Crippen LogP contribution in [0.25, 0.3) is 0 Å². The maximum Gasteiger partial charge on any atom is 0.264 e. The molecule has 1 heterocycles. The van der Waals surface area contributed by atoms with Gasteiger partial charge in [0.1, 0.15) is 5.75 Å². The lowest BCUT2D eigenvalue weighted by Gasteiger charge is -2.06. The monoisotopic (exact) mass is 433 g/mol. The Balaban J connectivity index is 1.45. The van der Waals surface area contributed by atoms with E-state index in [2.05, 4.69) is 53.6 Å². The molecule has 3 rings (SSSR count). The van der Waals surface area contributed by atoms with E-state index in [9.17, 15) is 4.79 Å². The Hall–Kier alpha value is -2.09. The van der Waals surface area contributed by atoms with Gasteiger partial charge in [-0.05, 0) is 41.3 Å². The van der Waals surface area contributed by atoms with Gasteiger partial charge in [-0.3, -0.25) is 10.1 Å². The molecule has 0 spiro atoms. The number of rotatable bonds is 8. The van der Waals surface area contributed by atoms with Crippen LogP contribution in [0.2, 0.25) is 5.02 Å². The lowest BCUT2D eigenvalue weighted by molar-refractivity contribution is -0.118. The normalized spacial score (nSPS) is 10.9. The number of hydrogen-bond acceptors (Lipinski definition) is 6. The van der Waals surface area contributed by atoms with Crippen LogP contribution in [0.5, 0.6) is 5.75 Å². The third-order valence-corrected chi connectivity index (χ3v) is 6.14. The molecule has 146 valence electrons. The number of amides is 1. The smallest absolute Gasteiger partial charge is 0.264 e. The van der Waals surface area contributed by atoms with Crippen LogP contribution in [-0.4, -0.2) is 22.7 Å². The minimum atomic E-state index is -0.285. The van der Waals surface area contributed by atoms with Gasteiger partial charge in [0.15, 0.2) is 10.9 Å². The zero-order chi connectivity index (χ0) is 19.9. The Morgan fingerprint density at radius 1 is 1.14 bits per heavy atom. The van der Waals surface area contributed by atoms with Gasteiger partial charge in [-0.25, -0.2) is 0 Å². The molecular weight excluding hydrogens is 414 g/mol. The first-order valence-electron chi connectivity index (χ1n) is 8.73. The zero-order valence-corrected chi connectivity index (χ0v) is 17.9. The number of thioether (sulfide) groups is 1. The standard InChI is InChI=1S/C20H20ClN3O2S2/c1-13(2)15-5-3-14(4-6-15)12-27-20-24-23-19(28-20)22-18(25)11-26-17-9-7-16(21)8-10-17/h3-10,13H,11-12H2,1-2H3,(H,22,23,25). The topological polar surface area (TPSA) is 64.1 Å². The number of anilines is 1. The van der Waals surface area contributed by atoms with Gasteiger partial charge < -0.3 is 4.74 Å². The van der Waals surface area contributed by atoms with E-state index in [4.69, 9.17) is 16.3 Å². The molecule has 2 aromatic carbocycles. The Bertz CT molecular complexity index is 912. The summed E-state index contributed by atoms with van der Waals surface area (Å²) in [5.74, 6) is 1.63. The molecule has 3 aromatic rings. The SMILES string of the molecule is CC(C)c1ccc(CSc2nnc(NC(=O)COc3ccc(Cl)cc3)s2)cc1. The Labute approximate surface area is 177 Å². The quantitative estimate of drug-likeness (QED) is 0.368. The molecule has 0 atom stereocenters. The van der Waals surface area contributed by atoms with Gasteiger partial charge in [0.2, 0.25) is 5.13 Å². The van der Waals surface area contributed by atoms with E-state index in [-0.39, 0.29) is 12.5 Å².